The first kappa shape index (κ1) is 24.0. The van der Waals surface area contributed by atoms with E-state index in [2.05, 4.69) is 36.0 Å². The number of anilines is 2. The Bertz CT molecular complexity index is 1140. The van der Waals surface area contributed by atoms with Crippen LogP contribution in [-0.2, 0) is 0 Å². The van der Waals surface area contributed by atoms with Gasteiger partial charge in [0.2, 0.25) is 5.95 Å². The Balaban J connectivity index is 1.57. The smallest absolute Gasteiger partial charge is 0.255 e. The summed E-state index contributed by atoms with van der Waals surface area (Å²) in [5, 5.41) is 14.2. The first-order chi connectivity index (χ1) is 16.5. The van der Waals surface area contributed by atoms with Gasteiger partial charge >= 0.3 is 0 Å². The van der Waals surface area contributed by atoms with Crippen LogP contribution in [0, 0.1) is 0 Å². The Hall–Kier alpha value is -3.14. The van der Waals surface area contributed by atoms with Gasteiger partial charge in [0, 0.05) is 41.3 Å². The van der Waals surface area contributed by atoms with E-state index in [1.807, 2.05) is 33.2 Å². The van der Waals surface area contributed by atoms with E-state index in [-0.39, 0.29) is 0 Å². The van der Waals surface area contributed by atoms with E-state index in [1.165, 1.54) is 0 Å². The van der Waals surface area contributed by atoms with Crippen molar-refractivity contribution in [3.8, 4) is 11.1 Å². The Labute approximate surface area is 198 Å². The minimum atomic E-state index is -2.48. The average Bonchev–Trinajstić information content (AvgIpc) is 3.27. The Morgan fingerprint density at radius 1 is 1.18 bits per heavy atom. The summed E-state index contributed by atoms with van der Waals surface area (Å²) >= 11 is 0. The minimum absolute atomic E-state index is 0.365. The number of fused-ring (bicyclic) bond motifs is 1. The summed E-state index contributed by atoms with van der Waals surface area (Å²) in [4.78, 5) is 13.5. The molecule has 1 aliphatic rings. The van der Waals surface area contributed by atoms with Crippen molar-refractivity contribution in [3.63, 3.8) is 0 Å². The van der Waals surface area contributed by atoms with E-state index in [0.717, 1.165) is 54.5 Å². The average molecular weight is 471 g/mol. The number of alkyl halides is 2. The molecule has 0 aromatic carbocycles. The molecule has 0 amide bonds. The number of halogens is 2. The van der Waals surface area contributed by atoms with Crippen LogP contribution in [0.3, 0.4) is 0 Å². The molecule has 1 fully saturated rings. The van der Waals surface area contributed by atoms with E-state index >= 15 is 0 Å². The summed E-state index contributed by atoms with van der Waals surface area (Å²) in [5.74, 6) is 1.00. The number of hydrogen-bond donors (Lipinski definition) is 3. The fraction of sp³-hybridized carbons (Fsp3) is 0.500. The maximum Gasteiger partial charge on any atom is 0.255 e. The van der Waals surface area contributed by atoms with Gasteiger partial charge in [-0.2, -0.15) is 0 Å². The molecule has 1 aliphatic carbocycles. The van der Waals surface area contributed by atoms with Crippen LogP contribution >= 0.6 is 0 Å². The molecule has 0 aliphatic heterocycles. The van der Waals surface area contributed by atoms with Gasteiger partial charge in [-0.3, -0.25) is 0 Å². The molecule has 0 spiro atoms. The first-order valence-electron chi connectivity index (χ1n) is 11.8. The van der Waals surface area contributed by atoms with Crippen LogP contribution in [-0.4, -0.2) is 57.4 Å². The van der Waals surface area contributed by atoms with Gasteiger partial charge in [-0.15, -0.1) is 5.10 Å². The van der Waals surface area contributed by atoms with E-state index in [4.69, 9.17) is 0 Å². The zero-order valence-corrected chi connectivity index (χ0v) is 19.9. The number of nitrogens with zero attached hydrogens (tertiary/aromatic N) is 5. The van der Waals surface area contributed by atoms with Crippen molar-refractivity contribution in [3.05, 3.63) is 30.7 Å². The Morgan fingerprint density at radius 3 is 2.65 bits per heavy atom. The van der Waals surface area contributed by atoms with Crippen LogP contribution in [0.5, 0.6) is 0 Å². The fourth-order valence-electron chi connectivity index (χ4n) is 4.19. The molecule has 4 rings (SSSR count). The minimum Gasteiger partial charge on any atom is -0.376 e. The summed E-state index contributed by atoms with van der Waals surface area (Å²) in [6.07, 6.45) is 8.07. The van der Waals surface area contributed by atoms with Gasteiger partial charge < -0.3 is 16.0 Å². The van der Waals surface area contributed by atoms with E-state index in [0.29, 0.717) is 29.5 Å². The SMILES string of the molecule is CC/C(C)=N\c1ncc(-c2ccn3nc(NC4CCC(NC)CC4)ncc23)cc1NCC(F)F. The molecule has 3 N–H and O–H groups in total. The molecular weight excluding hydrogens is 438 g/mol. The van der Waals surface area contributed by atoms with Crippen molar-refractivity contribution < 1.29 is 8.78 Å². The third kappa shape index (κ3) is 5.67. The number of nitrogens with one attached hydrogen (secondary N) is 3. The predicted molar refractivity (Wildman–Crippen MR) is 132 cm³/mol. The first-order valence-corrected chi connectivity index (χ1v) is 11.8. The third-order valence-corrected chi connectivity index (χ3v) is 6.32. The van der Waals surface area contributed by atoms with Gasteiger partial charge in [0.25, 0.3) is 6.43 Å². The van der Waals surface area contributed by atoms with Gasteiger partial charge in [-0.25, -0.2) is 28.3 Å². The van der Waals surface area contributed by atoms with E-state index in [9.17, 15) is 8.78 Å². The van der Waals surface area contributed by atoms with E-state index < -0.39 is 13.0 Å². The summed E-state index contributed by atoms with van der Waals surface area (Å²) in [6.45, 7) is 3.41. The van der Waals surface area contributed by atoms with Gasteiger partial charge in [0.15, 0.2) is 5.82 Å². The highest BCUT2D eigenvalue weighted by molar-refractivity contribution is 5.87. The van der Waals surface area contributed by atoms with Gasteiger partial charge in [-0.1, -0.05) is 6.92 Å². The van der Waals surface area contributed by atoms with Crippen molar-refractivity contribution in [1.82, 2.24) is 24.9 Å². The third-order valence-electron chi connectivity index (χ3n) is 6.32. The molecule has 182 valence electrons. The molecule has 1 saturated carbocycles. The van der Waals surface area contributed by atoms with Gasteiger partial charge in [0.1, 0.15) is 0 Å². The monoisotopic (exact) mass is 470 g/mol. The zero-order chi connectivity index (χ0) is 24.1. The molecule has 0 unspecified atom stereocenters. The summed E-state index contributed by atoms with van der Waals surface area (Å²) in [7, 11) is 2.01. The van der Waals surface area contributed by atoms with Gasteiger partial charge in [-0.05, 0) is 58.2 Å². The Kier molecular flexibility index (Phi) is 7.66. The normalized spacial score (nSPS) is 19.1. The van der Waals surface area contributed by atoms with Crippen LogP contribution in [0.4, 0.5) is 26.2 Å². The number of pyridine rings is 1. The number of aliphatic imine (C=N–C) groups is 1. The molecule has 0 atom stereocenters. The quantitative estimate of drug-likeness (QED) is 0.385. The maximum absolute atomic E-state index is 12.9. The topological polar surface area (TPSA) is 91.5 Å². The highest BCUT2D eigenvalue weighted by atomic mass is 19.3. The van der Waals surface area contributed by atoms with Crippen molar-refractivity contribution >= 4 is 28.7 Å². The molecule has 3 aromatic heterocycles. The van der Waals surface area contributed by atoms with Crippen molar-refractivity contribution in [2.75, 3.05) is 24.2 Å². The lowest BCUT2D eigenvalue weighted by Crippen LogP contribution is -2.35. The highest BCUT2D eigenvalue weighted by Gasteiger charge is 2.21. The summed E-state index contributed by atoms with van der Waals surface area (Å²) < 4.78 is 27.5. The van der Waals surface area contributed by atoms with Crippen LogP contribution in [0.15, 0.2) is 35.7 Å². The molecule has 10 heteroatoms. The fourth-order valence-corrected chi connectivity index (χ4v) is 4.19. The van der Waals surface area contributed by atoms with Crippen LogP contribution in [0.2, 0.25) is 0 Å². The molecule has 34 heavy (non-hydrogen) atoms. The van der Waals surface area contributed by atoms with Crippen molar-refractivity contribution in [2.24, 2.45) is 4.99 Å². The van der Waals surface area contributed by atoms with Crippen LogP contribution in [0.1, 0.15) is 46.0 Å². The highest BCUT2D eigenvalue weighted by Crippen LogP contribution is 2.32. The standard InChI is InChI=1S/C24H32F2N8/c1-4-15(2)31-23-20(28-14-22(25)26)11-16(12-29-23)19-9-10-34-21(19)13-30-24(33-34)32-18-7-5-17(27-3)6-8-18/h9-13,17-18,22,27-28H,4-8,14H2,1-3H3,(H,32,33)/b31-15-. The summed E-state index contributed by atoms with van der Waals surface area (Å²) in [6, 6.07) is 4.69. The van der Waals surface area contributed by atoms with E-state index in [1.54, 1.807) is 23.0 Å². The van der Waals surface area contributed by atoms with Crippen LogP contribution < -0.4 is 16.0 Å². The second kappa shape index (κ2) is 10.9. The predicted octanol–water partition coefficient (Wildman–Crippen LogP) is 4.91. The van der Waals surface area contributed by atoms with Crippen molar-refractivity contribution in [2.45, 2.75) is 64.5 Å². The zero-order valence-electron chi connectivity index (χ0n) is 19.9. The lowest BCUT2D eigenvalue weighted by molar-refractivity contribution is 0.163. The van der Waals surface area contributed by atoms with Crippen LogP contribution in [0.25, 0.3) is 16.6 Å². The molecular formula is C24H32F2N8. The summed E-state index contributed by atoms with van der Waals surface area (Å²) in [5.41, 5.74) is 3.81. The maximum atomic E-state index is 12.9. The number of aromatic nitrogens is 4. The molecule has 3 heterocycles. The lowest BCUT2D eigenvalue weighted by atomic mass is 9.91. The van der Waals surface area contributed by atoms with Gasteiger partial charge in [0.05, 0.1) is 23.9 Å². The lowest BCUT2D eigenvalue weighted by Gasteiger charge is -2.28. The second-order valence-electron chi connectivity index (χ2n) is 8.69. The molecule has 3 aromatic rings. The Morgan fingerprint density at radius 2 is 1.94 bits per heavy atom. The number of hydrogen-bond acceptors (Lipinski definition) is 7. The molecule has 0 radical (unpaired) electrons. The molecule has 0 saturated heterocycles. The van der Waals surface area contributed by atoms with Crippen molar-refractivity contribution in [1.29, 1.82) is 0 Å². The second-order valence-corrected chi connectivity index (χ2v) is 8.69. The largest absolute Gasteiger partial charge is 0.376 e. The molecule has 0 bridgehead atoms. The number of rotatable bonds is 9. The molecule has 8 nitrogen and oxygen atoms in total.